The predicted molar refractivity (Wildman–Crippen MR) is 135 cm³/mol. The quantitative estimate of drug-likeness (QED) is 0.333. The summed E-state index contributed by atoms with van der Waals surface area (Å²) in [6.45, 7) is 6.31. The van der Waals surface area contributed by atoms with E-state index < -0.39 is 0 Å². The van der Waals surface area contributed by atoms with Crippen LogP contribution >= 0.6 is 0 Å². The number of fused-ring (bicyclic) bond motifs is 1. The molecule has 3 aromatic heterocycles. The molecule has 6 nitrogen and oxygen atoms in total. The van der Waals surface area contributed by atoms with Crippen LogP contribution in [0.2, 0.25) is 0 Å². The minimum Gasteiger partial charge on any atom is -0.346 e. The Bertz CT molecular complexity index is 1410. The summed E-state index contributed by atoms with van der Waals surface area (Å²) >= 11 is 0. The van der Waals surface area contributed by atoms with Crippen molar-refractivity contribution in [1.82, 2.24) is 19.5 Å². The summed E-state index contributed by atoms with van der Waals surface area (Å²) in [4.78, 5) is 13.7. The highest BCUT2D eigenvalue weighted by Gasteiger charge is 2.14. The predicted octanol–water partition coefficient (Wildman–Crippen LogP) is 6.44. The van der Waals surface area contributed by atoms with Crippen molar-refractivity contribution in [3.63, 3.8) is 0 Å². The van der Waals surface area contributed by atoms with Gasteiger partial charge in [-0.1, -0.05) is 17.7 Å². The average molecular weight is 435 g/mol. The van der Waals surface area contributed by atoms with Crippen molar-refractivity contribution in [2.45, 2.75) is 20.8 Å². The molecule has 0 aliphatic heterocycles. The third kappa shape index (κ3) is 4.15. The van der Waals surface area contributed by atoms with Crippen LogP contribution in [0.15, 0.2) is 73.2 Å². The zero-order valence-electron chi connectivity index (χ0n) is 19.2. The molecule has 0 aliphatic rings. The van der Waals surface area contributed by atoms with E-state index in [1.807, 2.05) is 60.5 Å². The number of rotatable bonds is 5. The fraction of sp³-hybridized carbons (Fsp3) is 0.148. The van der Waals surface area contributed by atoms with Crippen molar-refractivity contribution in [3.05, 3.63) is 89.9 Å². The number of hydrogen-bond donors (Lipinski definition) is 2. The first-order valence-corrected chi connectivity index (χ1v) is 10.9. The van der Waals surface area contributed by atoms with Gasteiger partial charge in [-0.2, -0.15) is 4.98 Å². The maximum Gasteiger partial charge on any atom is 0.229 e. The second-order valence-electron chi connectivity index (χ2n) is 8.39. The Labute approximate surface area is 193 Å². The van der Waals surface area contributed by atoms with Crippen LogP contribution in [0.1, 0.15) is 16.7 Å². The summed E-state index contributed by atoms with van der Waals surface area (Å²) in [7, 11) is 2.01. The van der Waals surface area contributed by atoms with Gasteiger partial charge in [0.25, 0.3) is 0 Å². The summed E-state index contributed by atoms with van der Waals surface area (Å²) in [6.07, 6.45) is 5.65. The lowest BCUT2D eigenvalue weighted by atomic mass is 9.99. The van der Waals surface area contributed by atoms with Crippen LogP contribution in [-0.2, 0) is 7.05 Å². The van der Waals surface area contributed by atoms with Crippen molar-refractivity contribution in [1.29, 1.82) is 0 Å². The lowest BCUT2D eigenvalue weighted by molar-refractivity contribution is 0.964. The molecule has 6 heteroatoms. The number of aromatic nitrogens is 4. The molecule has 0 aliphatic carbocycles. The first-order chi connectivity index (χ1) is 16.0. The molecule has 0 spiro atoms. The molecule has 0 radical (unpaired) electrons. The highest BCUT2D eigenvalue weighted by Crippen LogP contribution is 2.33. The van der Waals surface area contributed by atoms with Gasteiger partial charge < -0.3 is 15.2 Å². The minimum atomic E-state index is 0.559. The van der Waals surface area contributed by atoms with E-state index in [-0.39, 0.29) is 0 Å². The van der Waals surface area contributed by atoms with Crippen molar-refractivity contribution in [2.24, 2.45) is 7.05 Å². The number of pyridine rings is 1. The third-order valence-electron chi connectivity index (χ3n) is 5.82. The van der Waals surface area contributed by atoms with Gasteiger partial charge in [0.05, 0.1) is 5.52 Å². The van der Waals surface area contributed by atoms with Crippen LogP contribution in [0.5, 0.6) is 0 Å². The second-order valence-corrected chi connectivity index (χ2v) is 8.39. The van der Waals surface area contributed by atoms with Gasteiger partial charge in [0.15, 0.2) is 5.82 Å². The average Bonchev–Trinajstić information content (AvgIpc) is 3.19. The lowest BCUT2D eigenvalue weighted by Gasteiger charge is -2.16. The molecule has 0 amide bonds. The summed E-state index contributed by atoms with van der Waals surface area (Å²) in [5.74, 6) is 1.33. The van der Waals surface area contributed by atoms with Crippen LogP contribution in [0, 0.1) is 20.8 Å². The number of benzene rings is 2. The topological polar surface area (TPSA) is 67.7 Å². The summed E-state index contributed by atoms with van der Waals surface area (Å²) in [5, 5.41) is 6.94. The number of aryl methyl sites for hydroxylation is 4. The van der Waals surface area contributed by atoms with Gasteiger partial charge in [0.2, 0.25) is 5.95 Å². The first kappa shape index (κ1) is 20.7. The van der Waals surface area contributed by atoms with Gasteiger partial charge in [-0.15, -0.1) is 0 Å². The van der Waals surface area contributed by atoms with Crippen molar-refractivity contribution < 1.29 is 0 Å². The maximum absolute atomic E-state index is 4.85. The normalized spacial score (nSPS) is 11.0. The maximum atomic E-state index is 4.85. The Hall–Kier alpha value is -4.19. The van der Waals surface area contributed by atoms with Gasteiger partial charge in [0.1, 0.15) is 5.52 Å². The van der Waals surface area contributed by atoms with Crippen molar-refractivity contribution >= 4 is 34.2 Å². The number of anilines is 4. The Morgan fingerprint density at radius 1 is 0.758 bits per heavy atom. The van der Waals surface area contributed by atoms with Gasteiger partial charge in [0, 0.05) is 37.0 Å². The van der Waals surface area contributed by atoms with Crippen molar-refractivity contribution in [3.8, 4) is 11.1 Å². The summed E-state index contributed by atoms with van der Waals surface area (Å²) in [5.41, 5.74) is 9.68. The van der Waals surface area contributed by atoms with Crippen LogP contribution < -0.4 is 10.6 Å². The molecule has 5 aromatic rings. The largest absolute Gasteiger partial charge is 0.346 e. The standard InChI is InChI=1S/C27H26N6/c1-17-5-7-22(8-6-17)29-27-30-23-11-14-33(4)25(23)26(32-27)31-24-18(2)15-21(16-19(24)3)20-9-12-28-13-10-20/h5-16H,1-4H3,(H2,29,30,31,32). The zero-order chi connectivity index (χ0) is 22.9. The van der Waals surface area contributed by atoms with Crippen molar-refractivity contribution in [2.75, 3.05) is 10.6 Å². The number of nitrogens with one attached hydrogen (secondary N) is 2. The first-order valence-electron chi connectivity index (χ1n) is 10.9. The molecule has 0 fully saturated rings. The second kappa shape index (κ2) is 8.39. The van der Waals surface area contributed by atoms with Crippen LogP contribution in [0.3, 0.4) is 0 Å². The van der Waals surface area contributed by atoms with E-state index in [4.69, 9.17) is 9.97 Å². The van der Waals surface area contributed by atoms with E-state index in [0.29, 0.717) is 5.95 Å². The highest BCUT2D eigenvalue weighted by atomic mass is 15.2. The highest BCUT2D eigenvalue weighted by molar-refractivity contribution is 5.90. The fourth-order valence-electron chi connectivity index (χ4n) is 4.09. The Balaban J connectivity index is 1.54. The molecule has 164 valence electrons. The molecule has 0 bridgehead atoms. The molecule has 5 rings (SSSR count). The zero-order valence-corrected chi connectivity index (χ0v) is 19.2. The van der Waals surface area contributed by atoms with Crippen LogP contribution in [-0.4, -0.2) is 19.5 Å². The molecule has 0 saturated heterocycles. The van der Waals surface area contributed by atoms with Crippen LogP contribution in [0.25, 0.3) is 22.2 Å². The lowest BCUT2D eigenvalue weighted by Crippen LogP contribution is -2.05. The molecular formula is C27H26N6. The molecule has 2 N–H and O–H groups in total. The molecule has 33 heavy (non-hydrogen) atoms. The van der Waals surface area contributed by atoms with Gasteiger partial charge in [-0.05, 0) is 85.5 Å². The SMILES string of the molecule is Cc1ccc(Nc2nc(Nc3c(C)cc(-c4ccncc4)cc3C)c3c(ccn3C)n2)cc1. The minimum absolute atomic E-state index is 0.559. The van der Waals surface area contributed by atoms with E-state index in [2.05, 4.69) is 60.7 Å². The summed E-state index contributed by atoms with van der Waals surface area (Å²) in [6, 6.07) is 18.7. The van der Waals surface area contributed by atoms with Crippen LogP contribution in [0.4, 0.5) is 23.1 Å². The molecule has 0 unspecified atom stereocenters. The Morgan fingerprint density at radius 3 is 2.15 bits per heavy atom. The Morgan fingerprint density at radius 2 is 1.45 bits per heavy atom. The van der Waals surface area contributed by atoms with E-state index in [9.17, 15) is 0 Å². The molecule has 0 saturated carbocycles. The third-order valence-corrected chi connectivity index (χ3v) is 5.82. The summed E-state index contributed by atoms with van der Waals surface area (Å²) < 4.78 is 2.04. The van der Waals surface area contributed by atoms with E-state index in [1.165, 1.54) is 11.1 Å². The smallest absolute Gasteiger partial charge is 0.229 e. The molecule has 0 atom stereocenters. The van der Waals surface area contributed by atoms with Gasteiger partial charge in [-0.25, -0.2) is 4.98 Å². The van der Waals surface area contributed by atoms with E-state index >= 15 is 0 Å². The fourth-order valence-corrected chi connectivity index (χ4v) is 4.09. The molecule has 2 aromatic carbocycles. The van der Waals surface area contributed by atoms with E-state index in [0.717, 1.165) is 44.9 Å². The molecule has 3 heterocycles. The van der Waals surface area contributed by atoms with E-state index in [1.54, 1.807) is 0 Å². The van der Waals surface area contributed by atoms with Gasteiger partial charge >= 0.3 is 0 Å². The Kier molecular flexibility index (Phi) is 5.26. The van der Waals surface area contributed by atoms with Gasteiger partial charge in [-0.3, -0.25) is 4.98 Å². The number of hydrogen-bond acceptors (Lipinski definition) is 5. The molecular weight excluding hydrogens is 408 g/mol. The monoisotopic (exact) mass is 434 g/mol. The number of nitrogens with zero attached hydrogens (tertiary/aromatic N) is 4.